The van der Waals surface area contributed by atoms with Crippen LogP contribution in [0.15, 0.2) is 18.2 Å². The van der Waals surface area contributed by atoms with E-state index in [2.05, 4.69) is 11.4 Å². The molecule has 0 radical (unpaired) electrons. The summed E-state index contributed by atoms with van der Waals surface area (Å²) in [5, 5.41) is 12.0. The van der Waals surface area contributed by atoms with Crippen molar-refractivity contribution in [3.05, 3.63) is 29.0 Å². The number of hydrogen-bond donors (Lipinski definition) is 1. The summed E-state index contributed by atoms with van der Waals surface area (Å²) in [5.74, 6) is -0.872. The second kappa shape index (κ2) is 9.11. The summed E-state index contributed by atoms with van der Waals surface area (Å²) in [6.07, 6.45) is 0.369. The maximum absolute atomic E-state index is 13.4. The van der Waals surface area contributed by atoms with Crippen LogP contribution in [0.3, 0.4) is 0 Å². The van der Waals surface area contributed by atoms with E-state index in [4.69, 9.17) is 21.1 Å². The molecule has 0 aromatic heterocycles. The van der Waals surface area contributed by atoms with Gasteiger partial charge in [0.1, 0.15) is 23.2 Å². The molecule has 9 heteroatoms. The van der Waals surface area contributed by atoms with Crippen LogP contribution in [0.25, 0.3) is 0 Å². The van der Waals surface area contributed by atoms with Crippen molar-refractivity contribution in [3.63, 3.8) is 0 Å². The Balaban J connectivity index is 1.90. The third kappa shape index (κ3) is 6.27. The van der Waals surface area contributed by atoms with Gasteiger partial charge < -0.3 is 14.8 Å². The van der Waals surface area contributed by atoms with Gasteiger partial charge in [-0.2, -0.15) is 5.26 Å². The summed E-state index contributed by atoms with van der Waals surface area (Å²) in [5.41, 5.74) is -0.686. The Morgan fingerprint density at radius 3 is 2.71 bits per heavy atom. The molecular weight excluding hydrogens is 389 g/mol. The lowest BCUT2D eigenvalue weighted by Gasteiger charge is -2.37. The number of piperidine rings is 1. The SMILES string of the molecule is CC(C)(C)OC(=O)N1C[C@@H](NC(=O)COc2ccc(Cl)c(F)c2)CC[C@@H]1C#N. The molecule has 1 aliphatic rings. The molecule has 0 saturated carbocycles. The Hall–Kier alpha value is -2.53. The maximum atomic E-state index is 13.4. The summed E-state index contributed by atoms with van der Waals surface area (Å²) >= 11 is 5.60. The van der Waals surface area contributed by atoms with Crippen molar-refractivity contribution in [2.45, 2.75) is 51.3 Å². The normalized spacial score (nSPS) is 19.5. The molecule has 1 saturated heterocycles. The fraction of sp³-hybridized carbons (Fsp3) is 0.526. The van der Waals surface area contributed by atoms with Gasteiger partial charge in [-0.15, -0.1) is 0 Å². The number of carbonyl (C=O) groups is 2. The molecule has 0 aliphatic carbocycles. The first-order valence-corrected chi connectivity index (χ1v) is 9.23. The van der Waals surface area contributed by atoms with Crippen LogP contribution in [-0.4, -0.2) is 47.7 Å². The number of amides is 2. The van der Waals surface area contributed by atoms with Crippen molar-refractivity contribution in [2.24, 2.45) is 0 Å². The van der Waals surface area contributed by atoms with Crippen molar-refractivity contribution < 1.29 is 23.5 Å². The third-order valence-electron chi connectivity index (χ3n) is 3.99. The van der Waals surface area contributed by atoms with Crippen LogP contribution < -0.4 is 10.1 Å². The number of rotatable bonds is 4. The number of nitriles is 1. The summed E-state index contributed by atoms with van der Waals surface area (Å²) in [4.78, 5) is 25.8. The Morgan fingerprint density at radius 1 is 1.39 bits per heavy atom. The summed E-state index contributed by atoms with van der Waals surface area (Å²) in [6.45, 7) is 5.07. The van der Waals surface area contributed by atoms with Gasteiger partial charge in [-0.05, 0) is 45.7 Å². The van der Waals surface area contributed by atoms with Crippen LogP contribution in [0.2, 0.25) is 5.02 Å². The molecule has 28 heavy (non-hydrogen) atoms. The van der Waals surface area contributed by atoms with E-state index in [1.165, 1.54) is 17.0 Å². The van der Waals surface area contributed by atoms with Gasteiger partial charge >= 0.3 is 6.09 Å². The largest absolute Gasteiger partial charge is 0.484 e. The zero-order chi connectivity index (χ0) is 20.9. The zero-order valence-electron chi connectivity index (χ0n) is 16.0. The van der Waals surface area contributed by atoms with E-state index < -0.39 is 29.5 Å². The molecule has 1 aromatic carbocycles. The van der Waals surface area contributed by atoms with Gasteiger partial charge in [0.25, 0.3) is 5.91 Å². The van der Waals surface area contributed by atoms with E-state index in [0.29, 0.717) is 12.8 Å². The molecule has 152 valence electrons. The Morgan fingerprint density at radius 2 is 2.11 bits per heavy atom. The first kappa shape index (κ1) is 21.8. The molecule has 0 bridgehead atoms. The molecule has 7 nitrogen and oxygen atoms in total. The topological polar surface area (TPSA) is 91.7 Å². The third-order valence-corrected chi connectivity index (χ3v) is 4.29. The lowest BCUT2D eigenvalue weighted by molar-refractivity contribution is -0.124. The van der Waals surface area contributed by atoms with E-state index in [-0.39, 0.29) is 30.0 Å². The minimum Gasteiger partial charge on any atom is -0.484 e. The average Bonchev–Trinajstić information content (AvgIpc) is 2.61. The molecule has 1 aliphatic heterocycles. The van der Waals surface area contributed by atoms with Crippen molar-refractivity contribution in [1.29, 1.82) is 5.26 Å². The highest BCUT2D eigenvalue weighted by atomic mass is 35.5. The zero-order valence-corrected chi connectivity index (χ0v) is 16.8. The number of halogens is 2. The second-order valence-electron chi connectivity index (χ2n) is 7.48. The molecule has 1 N–H and O–H groups in total. The maximum Gasteiger partial charge on any atom is 0.411 e. The summed E-state index contributed by atoms with van der Waals surface area (Å²) in [7, 11) is 0. The van der Waals surface area contributed by atoms with E-state index >= 15 is 0 Å². The Kier molecular flexibility index (Phi) is 7.08. The van der Waals surface area contributed by atoms with Crippen LogP contribution in [0, 0.1) is 17.1 Å². The van der Waals surface area contributed by atoms with Crippen LogP contribution in [0.4, 0.5) is 9.18 Å². The van der Waals surface area contributed by atoms with Crippen LogP contribution in [0.1, 0.15) is 33.6 Å². The number of hydrogen-bond acceptors (Lipinski definition) is 5. The lowest BCUT2D eigenvalue weighted by atomic mass is 9.99. The van der Waals surface area contributed by atoms with Crippen molar-refractivity contribution >= 4 is 23.6 Å². The molecule has 1 aromatic rings. The number of likely N-dealkylation sites (tertiary alicyclic amines) is 1. The molecule has 2 rings (SSSR count). The summed E-state index contributed by atoms with van der Waals surface area (Å²) in [6, 6.07) is 5.05. The number of nitrogens with one attached hydrogen (secondary N) is 1. The lowest BCUT2D eigenvalue weighted by Crippen LogP contribution is -2.55. The molecule has 2 amide bonds. The van der Waals surface area contributed by atoms with Gasteiger partial charge in [0.2, 0.25) is 0 Å². The van der Waals surface area contributed by atoms with E-state index in [1.807, 2.05) is 0 Å². The van der Waals surface area contributed by atoms with E-state index in [9.17, 15) is 19.2 Å². The summed E-state index contributed by atoms with van der Waals surface area (Å²) < 4.78 is 24.0. The highest BCUT2D eigenvalue weighted by Gasteiger charge is 2.35. The van der Waals surface area contributed by atoms with E-state index in [1.54, 1.807) is 20.8 Å². The molecule has 1 fully saturated rings. The number of carbonyl (C=O) groups excluding carboxylic acids is 2. The highest BCUT2D eigenvalue weighted by Crippen LogP contribution is 2.22. The molecule has 2 atom stereocenters. The Labute approximate surface area is 168 Å². The highest BCUT2D eigenvalue weighted by molar-refractivity contribution is 6.30. The number of ether oxygens (including phenoxy) is 2. The fourth-order valence-electron chi connectivity index (χ4n) is 2.73. The fourth-order valence-corrected chi connectivity index (χ4v) is 2.85. The molecular formula is C19H23ClFN3O4. The molecule has 1 heterocycles. The van der Waals surface area contributed by atoms with Crippen LogP contribution in [0.5, 0.6) is 5.75 Å². The minimum atomic E-state index is -0.686. The van der Waals surface area contributed by atoms with Crippen molar-refractivity contribution in [1.82, 2.24) is 10.2 Å². The van der Waals surface area contributed by atoms with Gasteiger partial charge in [-0.1, -0.05) is 11.6 Å². The van der Waals surface area contributed by atoms with E-state index in [0.717, 1.165) is 6.07 Å². The monoisotopic (exact) mass is 411 g/mol. The number of benzene rings is 1. The predicted octanol–water partition coefficient (Wildman–Crippen LogP) is 3.27. The Bertz CT molecular complexity index is 775. The smallest absolute Gasteiger partial charge is 0.411 e. The first-order chi connectivity index (χ1) is 13.1. The van der Waals surface area contributed by atoms with Gasteiger partial charge in [0.05, 0.1) is 11.1 Å². The molecule has 0 spiro atoms. The first-order valence-electron chi connectivity index (χ1n) is 8.85. The van der Waals surface area contributed by atoms with Crippen LogP contribution >= 0.6 is 11.6 Å². The minimum absolute atomic E-state index is 0.0340. The standard InChI is InChI=1S/C19H23ClFN3O4/c1-19(2,3)28-18(26)24-10-12(4-5-13(24)9-22)23-17(25)11-27-14-6-7-15(20)16(21)8-14/h6-8,12-13H,4-5,10-11H2,1-3H3,(H,23,25)/t12-,13+/m0/s1. The van der Waals surface area contributed by atoms with Gasteiger partial charge in [-0.25, -0.2) is 9.18 Å². The average molecular weight is 412 g/mol. The predicted molar refractivity (Wildman–Crippen MR) is 100 cm³/mol. The van der Waals surface area contributed by atoms with Gasteiger partial charge in [-0.3, -0.25) is 9.69 Å². The quantitative estimate of drug-likeness (QED) is 0.820. The van der Waals surface area contributed by atoms with Gasteiger partial charge in [0.15, 0.2) is 6.61 Å². The second-order valence-corrected chi connectivity index (χ2v) is 7.89. The van der Waals surface area contributed by atoms with Crippen LogP contribution in [-0.2, 0) is 9.53 Å². The van der Waals surface area contributed by atoms with Crippen molar-refractivity contribution in [2.75, 3.05) is 13.2 Å². The molecule has 0 unspecified atom stereocenters. The van der Waals surface area contributed by atoms with Gasteiger partial charge in [0, 0.05) is 18.7 Å². The van der Waals surface area contributed by atoms with Crippen molar-refractivity contribution in [3.8, 4) is 11.8 Å². The number of nitrogens with zero attached hydrogens (tertiary/aromatic N) is 2.